The number of esters is 1. The molecule has 1 aromatic rings. The number of fused-ring (bicyclic) bond motifs is 5. The fourth-order valence-corrected chi connectivity index (χ4v) is 9.56. The number of rotatable bonds is 8. The lowest BCUT2D eigenvalue weighted by Crippen LogP contribution is -2.53. The zero-order valence-electron chi connectivity index (χ0n) is 25.1. The Kier molecular flexibility index (Phi) is 8.07. The third kappa shape index (κ3) is 5.07. The van der Waals surface area contributed by atoms with Crippen LogP contribution in [0.4, 0.5) is 0 Å². The van der Waals surface area contributed by atoms with Crippen molar-refractivity contribution in [2.45, 2.75) is 105 Å². The molecule has 4 aliphatic rings. The van der Waals surface area contributed by atoms with Crippen molar-refractivity contribution in [1.29, 1.82) is 0 Å². The highest BCUT2D eigenvalue weighted by molar-refractivity contribution is 6.02. The summed E-state index contributed by atoms with van der Waals surface area (Å²) >= 11 is 0. The molecular formula is C35H48O5. The van der Waals surface area contributed by atoms with Gasteiger partial charge in [0, 0.05) is 12.3 Å². The Morgan fingerprint density at radius 1 is 0.975 bits per heavy atom. The molecule has 5 nitrogen and oxygen atoms in total. The average molecular weight is 549 g/mol. The van der Waals surface area contributed by atoms with Crippen LogP contribution in [0.25, 0.3) is 0 Å². The van der Waals surface area contributed by atoms with E-state index in [0.717, 1.165) is 30.8 Å². The van der Waals surface area contributed by atoms with Crippen LogP contribution in [0, 0.1) is 46.3 Å². The fraction of sp³-hybridized carbons (Fsp3) is 0.686. The molecule has 0 heterocycles. The summed E-state index contributed by atoms with van der Waals surface area (Å²) in [6.07, 6.45) is 12.4. The van der Waals surface area contributed by atoms with Gasteiger partial charge >= 0.3 is 11.9 Å². The minimum Gasteiger partial charge on any atom is -0.478 e. The Bertz CT molecular complexity index is 1180. The number of allylic oxidation sites excluding steroid dienone is 1. The zero-order chi connectivity index (χ0) is 28.8. The molecule has 0 bridgehead atoms. The molecule has 4 unspecified atom stereocenters. The molecule has 4 aliphatic carbocycles. The molecule has 218 valence electrons. The average Bonchev–Trinajstić information content (AvgIpc) is 3.26. The minimum absolute atomic E-state index is 0.0389. The largest absolute Gasteiger partial charge is 0.478 e. The second-order valence-corrected chi connectivity index (χ2v) is 14.4. The van der Waals surface area contributed by atoms with E-state index in [-0.39, 0.29) is 34.0 Å². The van der Waals surface area contributed by atoms with Crippen molar-refractivity contribution in [1.82, 2.24) is 0 Å². The molecule has 0 aliphatic heterocycles. The second kappa shape index (κ2) is 11.1. The summed E-state index contributed by atoms with van der Waals surface area (Å²) in [6, 6.07) is 6.19. The molecule has 5 heteroatoms. The number of aromatic carboxylic acids is 1. The third-order valence-corrected chi connectivity index (χ3v) is 11.8. The maximum Gasteiger partial charge on any atom is 0.339 e. The summed E-state index contributed by atoms with van der Waals surface area (Å²) < 4.78 is 5.85. The minimum atomic E-state index is -1.14. The molecular weight excluding hydrogens is 500 g/mol. The number of benzene rings is 1. The van der Waals surface area contributed by atoms with Gasteiger partial charge in [-0.15, -0.1) is 0 Å². The highest BCUT2D eigenvalue weighted by atomic mass is 16.5. The molecule has 8 atom stereocenters. The van der Waals surface area contributed by atoms with Crippen molar-refractivity contribution in [3.05, 3.63) is 47.0 Å². The summed E-state index contributed by atoms with van der Waals surface area (Å²) in [5, 5.41) is 9.48. The molecule has 0 aromatic heterocycles. The third-order valence-electron chi connectivity index (χ3n) is 11.8. The van der Waals surface area contributed by atoms with Gasteiger partial charge in [-0.2, -0.15) is 0 Å². The van der Waals surface area contributed by atoms with Crippen molar-refractivity contribution in [3.63, 3.8) is 0 Å². The smallest absolute Gasteiger partial charge is 0.339 e. The highest BCUT2D eigenvalue weighted by Gasteiger charge is 2.61. The number of hydrogen-bond acceptors (Lipinski definition) is 4. The molecule has 0 amide bonds. The first-order valence-electron chi connectivity index (χ1n) is 15.7. The van der Waals surface area contributed by atoms with Crippen LogP contribution in [0.1, 0.15) is 120 Å². The Balaban J connectivity index is 1.30. The van der Waals surface area contributed by atoms with Crippen LogP contribution in [-0.4, -0.2) is 28.9 Å². The second-order valence-electron chi connectivity index (χ2n) is 14.4. The maximum atomic E-state index is 13.9. The van der Waals surface area contributed by atoms with Gasteiger partial charge in [0.05, 0.1) is 11.1 Å². The topological polar surface area (TPSA) is 80.7 Å². The standard InChI is InChI=1S/C35H48O5/c1-21(2)9-8-10-22(3)27-13-14-28-31-29(16-18-35(27,28)5)34(4)17-15-24(19-23(34)20-30(31)36)40-33(39)26-12-7-6-11-25(26)32(37)38/h6-7,11-12,20-22,24,27-29,31H,8-10,13-19H2,1-5H3,(H,37,38)/t22-,24?,27-,28?,29?,31?,34+,35-/m1/s1. The predicted octanol–water partition coefficient (Wildman–Crippen LogP) is 8.13. The van der Waals surface area contributed by atoms with Gasteiger partial charge in [0.15, 0.2) is 5.78 Å². The van der Waals surface area contributed by atoms with Crippen LogP contribution < -0.4 is 0 Å². The normalized spacial score (nSPS) is 35.8. The van der Waals surface area contributed by atoms with Crippen LogP contribution in [-0.2, 0) is 9.53 Å². The summed E-state index contributed by atoms with van der Waals surface area (Å²) in [6.45, 7) is 11.9. The molecule has 0 saturated heterocycles. The quantitative estimate of drug-likeness (QED) is 0.332. The number of carboxylic acids is 1. The highest BCUT2D eigenvalue weighted by Crippen LogP contribution is 2.66. The molecule has 40 heavy (non-hydrogen) atoms. The predicted molar refractivity (Wildman–Crippen MR) is 156 cm³/mol. The summed E-state index contributed by atoms with van der Waals surface area (Å²) in [5.74, 6) is 1.68. The van der Waals surface area contributed by atoms with E-state index in [0.29, 0.717) is 35.9 Å². The Hall–Kier alpha value is -2.43. The lowest BCUT2D eigenvalue weighted by molar-refractivity contribution is -0.135. The van der Waals surface area contributed by atoms with Crippen molar-refractivity contribution >= 4 is 17.7 Å². The summed E-state index contributed by atoms with van der Waals surface area (Å²) in [4.78, 5) is 38.4. The van der Waals surface area contributed by atoms with Gasteiger partial charge in [-0.25, -0.2) is 9.59 Å². The molecule has 3 fully saturated rings. The maximum absolute atomic E-state index is 13.9. The van der Waals surface area contributed by atoms with Crippen molar-refractivity contribution in [2.75, 3.05) is 0 Å². The first-order valence-corrected chi connectivity index (χ1v) is 15.7. The van der Waals surface area contributed by atoms with E-state index >= 15 is 0 Å². The van der Waals surface area contributed by atoms with Crippen LogP contribution in [0.2, 0.25) is 0 Å². The van der Waals surface area contributed by atoms with E-state index < -0.39 is 11.9 Å². The van der Waals surface area contributed by atoms with Gasteiger partial charge in [-0.3, -0.25) is 4.79 Å². The van der Waals surface area contributed by atoms with E-state index in [1.54, 1.807) is 12.1 Å². The first-order chi connectivity index (χ1) is 19.0. The SMILES string of the molecule is CC(C)CCC[C@@H](C)[C@H]1CCC2C3C(=O)C=C4CC(OC(=O)c5ccccc5C(=O)O)CC[C@]4(C)C3CC[C@@]21C. The Morgan fingerprint density at radius 2 is 1.70 bits per heavy atom. The molecule has 1 N–H and O–H groups in total. The lowest BCUT2D eigenvalue weighted by Gasteiger charge is -2.57. The van der Waals surface area contributed by atoms with E-state index in [1.807, 2.05) is 6.08 Å². The van der Waals surface area contributed by atoms with Gasteiger partial charge in [-0.1, -0.05) is 71.6 Å². The van der Waals surface area contributed by atoms with Gasteiger partial charge in [0.25, 0.3) is 0 Å². The van der Waals surface area contributed by atoms with Crippen LogP contribution >= 0.6 is 0 Å². The van der Waals surface area contributed by atoms with Gasteiger partial charge in [0.2, 0.25) is 0 Å². The van der Waals surface area contributed by atoms with E-state index in [9.17, 15) is 19.5 Å². The fourth-order valence-electron chi connectivity index (χ4n) is 9.56. The number of carbonyl (C=O) groups excluding carboxylic acids is 2. The number of hydrogen-bond donors (Lipinski definition) is 1. The number of ketones is 1. The van der Waals surface area contributed by atoms with Crippen molar-refractivity contribution in [2.24, 2.45) is 46.3 Å². The molecule has 0 spiro atoms. The van der Waals surface area contributed by atoms with Gasteiger partial charge < -0.3 is 9.84 Å². The van der Waals surface area contributed by atoms with Gasteiger partial charge in [-0.05, 0) is 97.2 Å². The van der Waals surface area contributed by atoms with E-state index in [1.165, 1.54) is 50.7 Å². The number of ether oxygens (including phenoxy) is 1. The number of carboxylic acid groups (broad SMARTS) is 1. The summed E-state index contributed by atoms with van der Waals surface area (Å²) in [5.41, 5.74) is 1.38. The van der Waals surface area contributed by atoms with E-state index in [4.69, 9.17) is 4.74 Å². The molecule has 5 rings (SSSR count). The molecule has 1 aromatic carbocycles. The Labute approximate surface area is 240 Å². The lowest BCUT2D eigenvalue weighted by atomic mass is 9.46. The van der Waals surface area contributed by atoms with Crippen LogP contribution in [0.3, 0.4) is 0 Å². The van der Waals surface area contributed by atoms with Crippen molar-refractivity contribution in [3.8, 4) is 0 Å². The first kappa shape index (κ1) is 29.1. The van der Waals surface area contributed by atoms with E-state index in [2.05, 4.69) is 34.6 Å². The zero-order valence-corrected chi connectivity index (χ0v) is 25.1. The summed E-state index contributed by atoms with van der Waals surface area (Å²) in [7, 11) is 0. The monoisotopic (exact) mass is 548 g/mol. The Morgan fingerprint density at radius 3 is 2.40 bits per heavy atom. The van der Waals surface area contributed by atoms with Crippen LogP contribution in [0.5, 0.6) is 0 Å². The van der Waals surface area contributed by atoms with Crippen LogP contribution in [0.15, 0.2) is 35.9 Å². The van der Waals surface area contributed by atoms with Gasteiger partial charge in [0.1, 0.15) is 6.10 Å². The molecule has 3 saturated carbocycles. The van der Waals surface area contributed by atoms with Crippen molar-refractivity contribution < 1.29 is 24.2 Å². The number of carbonyl (C=O) groups is 3. The molecule has 0 radical (unpaired) electrons.